The SMILES string of the molecule is CC(=O)C(=O)[C@@](O)(C(C)=O)[C@@](O)(C(C)=O)[C@@](O)(C(C)=O)[C@H](O)CO. The highest BCUT2D eigenvalue weighted by Crippen LogP contribution is 2.39. The van der Waals surface area contributed by atoms with Crippen molar-refractivity contribution >= 4 is 28.9 Å². The van der Waals surface area contributed by atoms with Gasteiger partial charge in [-0.1, -0.05) is 0 Å². The van der Waals surface area contributed by atoms with Crippen LogP contribution in [0, 0.1) is 0 Å². The van der Waals surface area contributed by atoms with Crippen LogP contribution in [0.25, 0.3) is 0 Å². The van der Waals surface area contributed by atoms with Crippen LogP contribution in [0.1, 0.15) is 27.7 Å². The van der Waals surface area contributed by atoms with Gasteiger partial charge >= 0.3 is 0 Å². The molecular formula is C14H20O10. The fourth-order valence-electron chi connectivity index (χ4n) is 2.50. The molecule has 0 rings (SSSR count). The van der Waals surface area contributed by atoms with Crippen LogP contribution in [0.15, 0.2) is 0 Å². The molecule has 0 radical (unpaired) electrons. The summed E-state index contributed by atoms with van der Waals surface area (Å²) in [7, 11) is 0. The van der Waals surface area contributed by atoms with Gasteiger partial charge in [-0.3, -0.25) is 24.0 Å². The molecule has 5 N–H and O–H groups in total. The van der Waals surface area contributed by atoms with Crippen LogP contribution >= 0.6 is 0 Å². The average Bonchev–Trinajstić information content (AvgIpc) is 2.49. The van der Waals surface area contributed by atoms with Crippen molar-refractivity contribution in [3.63, 3.8) is 0 Å². The largest absolute Gasteiger partial charge is 0.394 e. The highest BCUT2D eigenvalue weighted by molar-refractivity contribution is 6.45. The molecule has 136 valence electrons. The van der Waals surface area contributed by atoms with Gasteiger partial charge in [0.05, 0.1) is 6.61 Å². The third-order valence-corrected chi connectivity index (χ3v) is 3.93. The number of ketones is 5. The van der Waals surface area contributed by atoms with Crippen LogP contribution in [0.5, 0.6) is 0 Å². The molecule has 10 nitrogen and oxygen atoms in total. The molecule has 24 heavy (non-hydrogen) atoms. The van der Waals surface area contributed by atoms with E-state index in [1.165, 1.54) is 0 Å². The normalized spacial score (nSPS) is 20.0. The van der Waals surface area contributed by atoms with Gasteiger partial charge in [0, 0.05) is 6.92 Å². The Morgan fingerprint density at radius 1 is 0.833 bits per heavy atom. The molecule has 0 aliphatic heterocycles. The van der Waals surface area contributed by atoms with Gasteiger partial charge in [0.15, 0.2) is 28.7 Å². The predicted octanol–water partition coefficient (Wildman–Crippen LogP) is -3.54. The number of rotatable bonds is 9. The Morgan fingerprint density at radius 2 is 1.25 bits per heavy atom. The molecule has 0 spiro atoms. The van der Waals surface area contributed by atoms with Gasteiger partial charge in [-0.25, -0.2) is 0 Å². The van der Waals surface area contributed by atoms with Gasteiger partial charge in [-0.2, -0.15) is 0 Å². The number of carbonyl (C=O) groups excluding carboxylic acids is 5. The summed E-state index contributed by atoms with van der Waals surface area (Å²) in [4.78, 5) is 59.0. The van der Waals surface area contributed by atoms with E-state index < -0.39 is 58.4 Å². The smallest absolute Gasteiger partial charge is 0.240 e. The molecule has 0 bridgehead atoms. The molecule has 0 unspecified atom stereocenters. The fourth-order valence-corrected chi connectivity index (χ4v) is 2.50. The molecule has 0 aromatic carbocycles. The number of aliphatic hydroxyl groups is 5. The lowest BCUT2D eigenvalue weighted by atomic mass is 9.61. The van der Waals surface area contributed by atoms with E-state index in [-0.39, 0.29) is 0 Å². The molecule has 0 saturated carbocycles. The first-order valence-corrected chi connectivity index (χ1v) is 6.71. The topological polar surface area (TPSA) is 186 Å². The number of carbonyl (C=O) groups is 5. The molecule has 0 heterocycles. The van der Waals surface area contributed by atoms with E-state index in [4.69, 9.17) is 5.11 Å². The monoisotopic (exact) mass is 348 g/mol. The summed E-state index contributed by atoms with van der Waals surface area (Å²) < 4.78 is 0. The third kappa shape index (κ3) is 2.72. The Kier molecular flexibility index (Phi) is 6.41. The molecule has 10 heteroatoms. The predicted molar refractivity (Wildman–Crippen MR) is 75.7 cm³/mol. The van der Waals surface area contributed by atoms with Gasteiger partial charge in [0.25, 0.3) is 0 Å². The van der Waals surface area contributed by atoms with Gasteiger partial charge in [0.2, 0.25) is 17.0 Å². The minimum absolute atomic E-state index is 0.513. The lowest BCUT2D eigenvalue weighted by Crippen LogP contribution is -2.81. The van der Waals surface area contributed by atoms with Crippen molar-refractivity contribution in [3.8, 4) is 0 Å². The number of hydrogen-bond acceptors (Lipinski definition) is 10. The Bertz CT molecular complexity index is 596. The fraction of sp³-hybridized carbons (Fsp3) is 0.643. The van der Waals surface area contributed by atoms with Crippen molar-refractivity contribution in [2.75, 3.05) is 6.61 Å². The van der Waals surface area contributed by atoms with Crippen LogP contribution in [0.3, 0.4) is 0 Å². The molecule has 0 aromatic heterocycles. The second-order valence-electron chi connectivity index (χ2n) is 5.44. The van der Waals surface area contributed by atoms with Crippen molar-refractivity contribution in [2.45, 2.75) is 50.6 Å². The Morgan fingerprint density at radius 3 is 1.46 bits per heavy atom. The van der Waals surface area contributed by atoms with Crippen molar-refractivity contribution in [3.05, 3.63) is 0 Å². The third-order valence-electron chi connectivity index (χ3n) is 3.93. The average molecular weight is 348 g/mol. The zero-order chi connectivity index (χ0) is 19.7. The van der Waals surface area contributed by atoms with E-state index in [1.807, 2.05) is 0 Å². The van der Waals surface area contributed by atoms with E-state index in [0.717, 1.165) is 0 Å². The van der Waals surface area contributed by atoms with Crippen LogP contribution in [0.4, 0.5) is 0 Å². The molecule has 4 atom stereocenters. The molecule has 0 saturated heterocycles. The van der Waals surface area contributed by atoms with Crippen molar-refractivity contribution in [1.82, 2.24) is 0 Å². The number of Topliss-reactive ketones (excluding diaryl/α,β-unsaturated/α-hetero) is 5. The summed E-state index contributed by atoms with van der Waals surface area (Å²) in [6.45, 7) is 0.853. The zero-order valence-corrected chi connectivity index (χ0v) is 13.6. The summed E-state index contributed by atoms with van der Waals surface area (Å²) in [6.07, 6.45) is -2.56. The zero-order valence-electron chi connectivity index (χ0n) is 13.6. The van der Waals surface area contributed by atoms with E-state index in [0.29, 0.717) is 27.7 Å². The van der Waals surface area contributed by atoms with Gasteiger partial charge in [-0.05, 0) is 20.8 Å². The van der Waals surface area contributed by atoms with Crippen LogP contribution in [-0.4, -0.2) is 84.0 Å². The lowest BCUT2D eigenvalue weighted by Gasteiger charge is -2.48. The van der Waals surface area contributed by atoms with Crippen LogP contribution < -0.4 is 0 Å². The second-order valence-corrected chi connectivity index (χ2v) is 5.44. The Hall–Kier alpha value is -1.85. The first kappa shape index (κ1) is 22.1. The number of hydrogen-bond donors (Lipinski definition) is 5. The molecule has 0 aliphatic rings. The minimum atomic E-state index is -3.93. The molecule has 0 amide bonds. The van der Waals surface area contributed by atoms with Crippen molar-refractivity contribution < 1.29 is 49.5 Å². The lowest BCUT2D eigenvalue weighted by molar-refractivity contribution is -0.246. The maximum atomic E-state index is 12.0. The maximum absolute atomic E-state index is 12.0. The van der Waals surface area contributed by atoms with Gasteiger partial charge < -0.3 is 25.5 Å². The molecule has 0 aromatic rings. The standard InChI is InChI=1S/C14H20O10/c1-6(16)11(21)13(23,8(3)18)14(24,9(4)19)12(22,7(2)17)10(20)5-15/h10,15,20,22-24H,5H2,1-4H3/t10-,12-,13+,14-/m1/s1. The first-order valence-electron chi connectivity index (χ1n) is 6.71. The summed E-state index contributed by atoms with van der Waals surface area (Å²) in [6, 6.07) is 0. The Labute approximate surface area is 136 Å². The van der Waals surface area contributed by atoms with Crippen LogP contribution in [-0.2, 0) is 24.0 Å². The minimum Gasteiger partial charge on any atom is -0.394 e. The summed E-state index contributed by atoms with van der Waals surface area (Å²) >= 11 is 0. The van der Waals surface area contributed by atoms with Crippen molar-refractivity contribution in [2.24, 2.45) is 0 Å². The first-order chi connectivity index (χ1) is 10.7. The molecule has 0 fully saturated rings. The number of aliphatic hydroxyl groups excluding tert-OH is 2. The quantitative estimate of drug-likeness (QED) is 0.206. The summed E-state index contributed by atoms with van der Waals surface area (Å²) in [5.41, 5.74) is -11.4. The van der Waals surface area contributed by atoms with Gasteiger partial charge in [0.1, 0.15) is 6.10 Å². The summed E-state index contributed by atoms with van der Waals surface area (Å²) in [5, 5.41) is 50.3. The molecular weight excluding hydrogens is 328 g/mol. The maximum Gasteiger partial charge on any atom is 0.240 e. The second kappa shape index (κ2) is 6.95. The van der Waals surface area contributed by atoms with Crippen molar-refractivity contribution in [1.29, 1.82) is 0 Å². The highest BCUT2D eigenvalue weighted by atomic mass is 16.4. The Balaban J connectivity index is 7.11. The van der Waals surface area contributed by atoms with E-state index in [9.17, 15) is 44.4 Å². The van der Waals surface area contributed by atoms with Crippen LogP contribution in [0.2, 0.25) is 0 Å². The van der Waals surface area contributed by atoms with E-state index >= 15 is 0 Å². The van der Waals surface area contributed by atoms with E-state index in [1.54, 1.807) is 0 Å². The van der Waals surface area contributed by atoms with E-state index in [2.05, 4.69) is 0 Å². The highest BCUT2D eigenvalue weighted by Gasteiger charge is 2.74. The van der Waals surface area contributed by atoms with Gasteiger partial charge in [-0.15, -0.1) is 0 Å². The molecule has 0 aliphatic carbocycles. The summed E-state index contributed by atoms with van der Waals surface area (Å²) in [5.74, 6) is -8.28.